The molecule has 1 aliphatic rings. The Labute approximate surface area is 186 Å². The first-order valence-electron chi connectivity index (χ1n) is 10.2. The van der Waals surface area contributed by atoms with Gasteiger partial charge in [0.05, 0.1) is 5.75 Å². The molecule has 4 rings (SSSR count). The average molecular weight is 441 g/mol. The number of aromatic nitrogens is 3. The van der Waals surface area contributed by atoms with Crippen LogP contribution in [0.3, 0.4) is 0 Å². The quantitative estimate of drug-likeness (QED) is 0.492. The van der Waals surface area contributed by atoms with Crippen molar-refractivity contribution in [1.29, 1.82) is 0 Å². The van der Waals surface area contributed by atoms with Crippen LogP contribution in [0.15, 0.2) is 53.7 Å². The van der Waals surface area contributed by atoms with Crippen molar-refractivity contribution in [3.8, 4) is 0 Å². The highest BCUT2D eigenvalue weighted by atomic mass is 35.5. The van der Waals surface area contributed by atoms with Crippen LogP contribution in [0.5, 0.6) is 0 Å². The summed E-state index contributed by atoms with van der Waals surface area (Å²) >= 11 is 7.47. The third kappa shape index (κ3) is 4.71. The normalized spacial score (nSPS) is 13.1. The summed E-state index contributed by atoms with van der Waals surface area (Å²) in [6.07, 6.45) is 1.60. The van der Waals surface area contributed by atoms with E-state index < -0.39 is 0 Å². The molecule has 0 unspecified atom stereocenters. The highest BCUT2D eigenvalue weighted by Crippen LogP contribution is 2.29. The van der Waals surface area contributed by atoms with Crippen LogP contribution in [0.25, 0.3) is 0 Å². The monoisotopic (exact) mass is 440 g/mol. The smallest absolute Gasteiger partial charge is 0.237 e. The molecule has 0 radical (unpaired) electrons. The van der Waals surface area contributed by atoms with Crippen LogP contribution < -0.4 is 4.90 Å². The number of carbonyl (C=O) groups is 1. The first-order valence-corrected chi connectivity index (χ1v) is 11.5. The molecule has 0 bridgehead atoms. The van der Waals surface area contributed by atoms with Gasteiger partial charge >= 0.3 is 0 Å². The standard InChI is InChI=1S/C23H25ClN4OS/c1-16(2)14-28-21(13-17-7-9-19(24)10-8-17)25-26-23(28)30-15-22(29)27-12-11-18-5-3-4-6-20(18)27/h3-10,16H,11-15H2,1-2H3. The summed E-state index contributed by atoms with van der Waals surface area (Å²) < 4.78 is 2.15. The first kappa shape index (κ1) is 20.9. The molecule has 2 aromatic carbocycles. The molecule has 0 atom stereocenters. The van der Waals surface area contributed by atoms with E-state index in [0.717, 1.165) is 46.8 Å². The number of nitrogens with zero attached hydrogens (tertiary/aromatic N) is 4. The number of carbonyl (C=O) groups excluding carboxylic acids is 1. The number of para-hydroxylation sites is 1. The number of fused-ring (bicyclic) bond motifs is 1. The maximum Gasteiger partial charge on any atom is 0.237 e. The van der Waals surface area contributed by atoms with Crippen LogP contribution >= 0.6 is 23.4 Å². The SMILES string of the molecule is CC(C)Cn1c(Cc2ccc(Cl)cc2)nnc1SCC(=O)N1CCc2ccccc21. The number of thioether (sulfide) groups is 1. The molecule has 30 heavy (non-hydrogen) atoms. The van der Waals surface area contributed by atoms with E-state index in [-0.39, 0.29) is 5.91 Å². The van der Waals surface area contributed by atoms with E-state index in [0.29, 0.717) is 18.1 Å². The predicted octanol–water partition coefficient (Wildman–Crippen LogP) is 4.86. The lowest BCUT2D eigenvalue weighted by molar-refractivity contribution is -0.116. The van der Waals surface area contributed by atoms with Crippen molar-refractivity contribution >= 4 is 35.0 Å². The second kappa shape index (κ2) is 9.23. The molecule has 0 saturated carbocycles. The Hall–Kier alpha value is -2.31. The summed E-state index contributed by atoms with van der Waals surface area (Å²) in [4.78, 5) is 14.8. The van der Waals surface area contributed by atoms with Crippen LogP contribution in [-0.4, -0.2) is 33.0 Å². The molecule has 0 N–H and O–H groups in total. The Bertz CT molecular complexity index is 1030. The molecule has 5 nitrogen and oxygen atoms in total. The minimum atomic E-state index is 0.114. The summed E-state index contributed by atoms with van der Waals surface area (Å²) in [5, 5.41) is 10.4. The summed E-state index contributed by atoms with van der Waals surface area (Å²) in [5.74, 6) is 1.83. The number of benzene rings is 2. The number of hydrogen-bond acceptors (Lipinski definition) is 4. The molecule has 1 aliphatic heterocycles. The van der Waals surface area contributed by atoms with E-state index in [1.54, 1.807) is 0 Å². The molecule has 0 spiro atoms. The van der Waals surface area contributed by atoms with Gasteiger partial charge in [0, 0.05) is 30.2 Å². The zero-order chi connectivity index (χ0) is 21.1. The van der Waals surface area contributed by atoms with Crippen LogP contribution in [0.4, 0.5) is 5.69 Å². The van der Waals surface area contributed by atoms with Gasteiger partial charge in [-0.25, -0.2) is 0 Å². The van der Waals surface area contributed by atoms with Crippen molar-refractivity contribution in [3.05, 3.63) is 70.5 Å². The fourth-order valence-electron chi connectivity index (χ4n) is 3.69. The van der Waals surface area contributed by atoms with Gasteiger partial charge in [-0.15, -0.1) is 10.2 Å². The minimum Gasteiger partial charge on any atom is -0.311 e. The molecular weight excluding hydrogens is 416 g/mol. The maximum atomic E-state index is 12.9. The molecule has 0 saturated heterocycles. The maximum absolute atomic E-state index is 12.9. The number of anilines is 1. The molecule has 1 aromatic heterocycles. The van der Waals surface area contributed by atoms with Gasteiger partial charge in [-0.1, -0.05) is 67.5 Å². The highest BCUT2D eigenvalue weighted by Gasteiger charge is 2.25. The topological polar surface area (TPSA) is 51.0 Å². The third-order valence-corrected chi connectivity index (χ3v) is 6.33. The van der Waals surface area contributed by atoms with E-state index in [2.05, 4.69) is 34.7 Å². The van der Waals surface area contributed by atoms with Gasteiger partial charge in [-0.05, 0) is 41.7 Å². The summed E-state index contributed by atoms with van der Waals surface area (Å²) in [6.45, 7) is 5.91. The molecule has 7 heteroatoms. The zero-order valence-corrected chi connectivity index (χ0v) is 18.8. The van der Waals surface area contributed by atoms with Crippen molar-refractivity contribution in [1.82, 2.24) is 14.8 Å². The predicted molar refractivity (Wildman–Crippen MR) is 122 cm³/mol. The Morgan fingerprint density at radius 2 is 1.90 bits per heavy atom. The molecule has 0 aliphatic carbocycles. The minimum absolute atomic E-state index is 0.114. The number of hydrogen-bond donors (Lipinski definition) is 0. The van der Waals surface area contributed by atoms with Gasteiger partial charge in [-0.3, -0.25) is 4.79 Å². The Morgan fingerprint density at radius 1 is 1.13 bits per heavy atom. The molecule has 156 valence electrons. The van der Waals surface area contributed by atoms with Crippen LogP contribution in [0, 0.1) is 5.92 Å². The van der Waals surface area contributed by atoms with Gasteiger partial charge in [0.25, 0.3) is 0 Å². The third-order valence-electron chi connectivity index (χ3n) is 5.13. The van der Waals surface area contributed by atoms with Gasteiger partial charge in [0.15, 0.2) is 5.16 Å². The van der Waals surface area contributed by atoms with E-state index in [9.17, 15) is 4.79 Å². The Morgan fingerprint density at radius 3 is 2.67 bits per heavy atom. The molecule has 0 fully saturated rings. The Balaban J connectivity index is 1.47. The van der Waals surface area contributed by atoms with Crippen molar-refractivity contribution < 1.29 is 4.79 Å². The van der Waals surface area contributed by atoms with Crippen molar-refractivity contribution in [3.63, 3.8) is 0 Å². The lowest BCUT2D eigenvalue weighted by Gasteiger charge is -2.17. The van der Waals surface area contributed by atoms with Gasteiger partial charge in [0.1, 0.15) is 5.82 Å². The van der Waals surface area contributed by atoms with Gasteiger partial charge in [-0.2, -0.15) is 0 Å². The van der Waals surface area contributed by atoms with E-state index in [1.807, 2.05) is 47.4 Å². The Kier molecular flexibility index (Phi) is 6.44. The first-order chi connectivity index (χ1) is 14.5. The molecular formula is C23H25ClN4OS. The summed E-state index contributed by atoms with van der Waals surface area (Å²) in [7, 11) is 0. The zero-order valence-electron chi connectivity index (χ0n) is 17.2. The number of halogens is 1. The van der Waals surface area contributed by atoms with E-state index in [4.69, 9.17) is 11.6 Å². The van der Waals surface area contributed by atoms with Crippen LogP contribution in [-0.2, 0) is 24.2 Å². The molecule has 3 aromatic rings. The highest BCUT2D eigenvalue weighted by molar-refractivity contribution is 7.99. The summed E-state index contributed by atoms with van der Waals surface area (Å²) in [6, 6.07) is 15.9. The fraction of sp³-hybridized carbons (Fsp3) is 0.348. The average Bonchev–Trinajstić information content (AvgIpc) is 3.32. The summed E-state index contributed by atoms with van der Waals surface area (Å²) in [5.41, 5.74) is 3.41. The van der Waals surface area contributed by atoms with Crippen LogP contribution in [0.2, 0.25) is 5.02 Å². The second-order valence-corrected chi connectivity index (χ2v) is 9.30. The van der Waals surface area contributed by atoms with E-state index >= 15 is 0 Å². The van der Waals surface area contributed by atoms with Crippen molar-refractivity contribution in [2.75, 3.05) is 17.2 Å². The largest absolute Gasteiger partial charge is 0.311 e. The van der Waals surface area contributed by atoms with Gasteiger partial charge < -0.3 is 9.47 Å². The molecule has 1 amide bonds. The number of amides is 1. The lowest BCUT2D eigenvalue weighted by atomic mass is 10.1. The lowest BCUT2D eigenvalue weighted by Crippen LogP contribution is -2.30. The van der Waals surface area contributed by atoms with E-state index in [1.165, 1.54) is 17.3 Å². The van der Waals surface area contributed by atoms with Crippen molar-refractivity contribution in [2.24, 2.45) is 5.92 Å². The van der Waals surface area contributed by atoms with Crippen LogP contribution in [0.1, 0.15) is 30.8 Å². The van der Waals surface area contributed by atoms with Gasteiger partial charge in [0.2, 0.25) is 5.91 Å². The van der Waals surface area contributed by atoms with Crippen molar-refractivity contribution in [2.45, 2.75) is 38.4 Å². The fourth-order valence-corrected chi connectivity index (χ4v) is 4.66. The molecule has 2 heterocycles. The second-order valence-electron chi connectivity index (χ2n) is 7.92. The number of rotatable bonds is 7.